The molecule has 0 radical (unpaired) electrons. The normalized spacial score (nSPS) is 18.6. The van der Waals surface area contributed by atoms with Crippen LogP contribution in [0, 0.1) is 5.82 Å². The molecule has 1 aromatic carbocycles. The number of anilines is 1. The monoisotopic (exact) mass is 423 g/mol. The third kappa shape index (κ3) is 3.82. The number of rotatable bonds is 4. The predicted molar refractivity (Wildman–Crippen MR) is 108 cm³/mol. The Morgan fingerprint density at radius 3 is 2.74 bits per heavy atom. The standard InChI is InChI=1S/C19H18FN9O2/c1-19(8-16(30)28(2)18(21)26-19)12-7-11(3-4-13(12)20)25-17(31)14-9-23-15(10-22-14)29-6-5-24-27-29/h3-7,9-10H,8H2,1-2H3,(H2,21,26)(H,25,31). The number of nitrogens with one attached hydrogen (secondary N) is 1. The third-order valence-electron chi connectivity index (χ3n) is 4.91. The van der Waals surface area contributed by atoms with Crippen molar-refractivity contribution in [1.82, 2.24) is 29.9 Å². The Kier molecular flexibility index (Phi) is 4.89. The van der Waals surface area contributed by atoms with Crippen LogP contribution in [0.25, 0.3) is 5.82 Å². The van der Waals surface area contributed by atoms with Gasteiger partial charge in [0.1, 0.15) is 11.5 Å². The number of guanidine groups is 1. The summed E-state index contributed by atoms with van der Waals surface area (Å²) < 4.78 is 16.0. The number of aromatic nitrogens is 5. The fourth-order valence-corrected chi connectivity index (χ4v) is 3.16. The van der Waals surface area contributed by atoms with Gasteiger partial charge in [-0.2, -0.15) is 0 Å². The number of nitrogens with zero attached hydrogens (tertiary/aromatic N) is 7. The molecule has 3 N–H and O–H groups in total. The van der Waals surface area contributed by atoms with Crippen molar-refractivity contribution >= 4 is 23.5 Å². The zero-order chi connectivity index (χ0) is 22.2. The molecule has 31 heavy (non-hydrogen) atoms. The number of carbonyl (C=O) groups excluding carboxylic acids is 2. The smallest absolute Gasteiger partial charge is 0.275 e. The molecule has 0 saturated heterocycles. The van der Waals surface area contributed by atoms with Gasteiger partial charge in [0, 0.05) is 18.3 Å². The lowest BCUT2D eigenvalue weighted by molar-refractivity contribution is -0.128. The maximum absolute atomic E-state index is 14.6. The maximum Gasteiger partial charge on any atom is 0.275 e. The van der Waals surface area contributed by atoms with E-state index in [1.165, 1.54) is 53.4 Å². The molecule has 4 rings (SSSR count). The molecule has 0 saturated carbocycles. The van der Waals surface area contributed by atoms with Crippen molar-refractivity contribution in [3.8, 4) is 5.82 Å². The highest BCUT2D eigenvalue weighted by Crippen LogP contribution is 2.35. The molecule has 1 aliphatic heterocycles. The van der Waals surface area contributed by atoms with Gasteiger partial charge < -0.3 is 11.1 Å². The molecular formula is C19H18FN9O2. The zero-order valence-electron chi connectivity index (χ0n) is 16.7. The van der Waals surface area contributed by atoms with Crippen molar-refractivity contribution in [2.45, 2.75) is 18.9 Å². The molecular weight excluding hydrogens is 405 g/mol. The Hall–Kier alpha value is -4.22. The molecule has 0 bridgehead atoms. The van der Waals surface area contributed by atoms with E-state index in [1.807, 2.05) is 0 Å². The molecule has 0 aliphatic carbocycles. The number of nitrogens with two attached hydrogens (primary N) is 1. The molecule has 0 fully saturated rings. The quantitative estimate of drug-likeness (QED) is 0.633. The zero-order valence-corrected chi connectivity index (χ0v) is 16.7. The summed E-state index contributed by atoms with van der Waals surface area (Å²) in [6, 6.07) is 4.03. The maximum atomic E-state index is 14.6. The van der Waals surface area contributed by atoms with Crippen LogP contribution in [0.2, 0.25) is 0 Å². The van der Waals surface area contributed by atoms with E-state index >= 15 is 0 Å². The van der Waals surface area contributed by atoms with Crippen molar-refractivity contribution < 1.29 is 14.0 Å². The van der Waals surface area contributed by atoms with Crippen molar-refractivity contribution in [1.29, 1.82) is 0 Å². The van der Waals surface area contributed by atoms with E-state index in [0.29, 0.717) is 11.5 Å². The van der Waals surface area contributed by atoms with Gasteiger partial charge in [-0.15, -0.1) is 5.10 Å². The second kappa shape index (κ2) is 7.55. The van der Waals surface area contributed by atoms with Crippen LogP contribution in [0.1, 0.15) is 29.4 Å². The van der Waals surface area contributed by atoms with Crippen molar-refractivity contribution in [3.05, 3.63) is 60.1 Å². The van der Waals surface area contributed by atoms with Gasteiger partial charge in [-0.25, -0.2) is 24.0 Å². The van der Waals surface area contributed by atoms with Crippen LogP contribution in [0.5, 0.6) is 0 Å². The van der Waals surface area contributed by atoms with Crippen LogP contribution in [-0.4, -0.2) is 54.7 Å². The van der Waals surface area contributed by atoms with E-state index in [-0.39, 0.29) is 29.5 Å². The van der Waals surface area contributed by atoms with Crippen LogP contribution in [0.3, 0.4) is 0 Å². The number of carbonyl (C=O) groups is 2. The number of aliphatic imine (C=N–C) groups is 1. The van der Waals surface area contributed by atoms with Gasteiger partial charge >= 0.3 is 0 Å². The first-order valence-electron chi connectivity index (χ1n) is 9.19. The fourth-order valence-electron chi connectivity index (χ4n) is 3.16. The molecule has 2 amide bonds. The third-order valence-corrected chi connectivity index (χ3v) is 4.91. The summed E-state index contributed by atoms with van der Waals surface area (Å²) in [4.78, 5) is 38.5. The highest BCUT2D eigenvalue weighted by Gasteiger charge is 2.38. The lowest BCUT2D eigenvalue weighted by Gasteiger charge is -2.34. The van der Waals surface area contributed by atoms with Gasteiger partial charge in [0.2, 0.25) is 5.91 Å². The molecule has 11 nitrogen and oxygen atoms in total. The molecule has 0 spiro atoms. The summed E-state index contributed by atoms with van der Waals surface area (Å²) in [7, 11) is 1.50. The van der Waals surface area contributed by atoms with Gasteiger partial charge in [-0.1, -0.05) is 5.21 Å². The Labute approximate surface area is 175 Å². The number of amides is 2. The van der Waals surface area contributed by atoms with Crippen LogP contribution in [0.4, 0.5) is 10.1 Å². The summed E-state index contributed by atoms with van der Waals surface area (Å²) >= 11 is 0. The number of halogens is 1. The van der Waals surface area contributed by atoms with Crippen molar-refractivity contribution in [2.75, 3.05) is 12.4 Å². The SMILES string of the molecule is CN1C(=O)CC(C)(c2cc(NC(=O)c3cnc(-n4ccnn4)cn3)ccc2F)N=C1N. The Bertz CT molecular complexity index is 1180. The summed E-state index contributed by atoms with van der Waals surface area (Å²) in [5.74, 6) is -0.996. The molecule has 3 aromatic rings. The van der Waals surface area contributed by atoms with E-state index < -0.39 is 17.3 Å². The Balaban J connectivity index is 1.57. The van der Waals surface area contributed by atoms with E-state index in [2.05, 4.69) is 30.6 Å². The second-order valence-electron chi connectivity index (χ2n) is 7.13. The van der Waals surface area contributed by atoms with Crippen LogP contribution < -0.4 is 11.1 Å². The number of benzene rings is 1. The summed E-state index contributed by atoms with van der Waals surface area (Å²) in [6.45, 7) is 1.61. The number of hydrogen-bond donors (Lipinski definition) is 2. The lowest BCUT2D eigenvalue weighted by atomic mass is 9.87. The average molecular weight is 423 g/mol. The first-order valence-corrected chi connectivity index (χ1v) is 9.19. The molecule has 12 heteroatoms. The summed E-state index contributed by atoms with van der Waals surface area (Å²) in [5.41, 5.74) is 5.12. The molecule has 2 aromatic heterocycles. The highest BCUT2D eigenvalue weighted by molar-refractivity contribution is 6.03. The molecule has 3 heterocycles. The first-order chi connectivity index (χ1) is 14.8. The van der Waals surface area contributed by atoms with E-state index in [0.717, 1.165) is 0 Å². The lowest BCUT2D eigenvalue weighted by Crippen LogP contribution is -2.47. The van der Waals surface area contributed by atoms with Crippen molar-refractivity contribution in [2.24, 2.45) is 10.7 Å². The van der Waals surface area contributed by atoms with Crippen LogP contribution in [0.15, 0.2) is 48.0 Å². The van der Waals surface area contributed by atoms with Crippen molar-refractivity contribution in [3.63, 3.8) is 0 Å². The molecule has 1 aliphatic rings. The van der Waals surface area contributed by atoms with Gasteiger partial charge in [-0.3, -0.25) is 14.5 Å². The van der Waals surface area contributed by atoms with Gasteiger partial charge in [0.15, 0.2) is 11.8 Å². The fraction of sp³-hybridized carbons (Fsp3) is 0.211. The predicted octanol–water partition coefficient (Wildman–Crippen LogP) is 0.841. The van der Waals surface area contributed by atoms with Gasteiger partial charge in [0.25, 0.3) is 5.91 Å². The van der Waals surface area contributed by atoms with E-state index in [9.17, 15) is 14.0 Å². The van der Waals surface area contributed by atoms with Gasteiger partial charge in [-0.05, 0) is 25.1 Å². The van der Waals surface area contributed by atoms with Gasteiger partial charge in [0.05, 0.1) is 36.7 Å². The van der Waals surface area contributed by atoms with Crippen LogP contribution >= 0.6 is 0 Å². The Morgan fingerprint density at radius 1 is 1.29 bits per heavy atom. The largest absolute Gasteiger partial charge is 0.369 e. The Morgan fingerprint density at radius 2 is 2.10 bits per heavy atom. The van der Waals surface area contributed by atoms with Crippen LogP contribution in [-0.2, 0) is 10.3 Å². The minimum Gasteiger partial charge on any atom is -0.369 e. The summed E-state index contributed by atoms with van der Waals surface area (Å²) in [6.07, 6.45) is 5.69. The average Bonchev–Trinajstić information content (AvgIpc) is 3.28. The topological polar surface area (TPSA) is 144 Å². The number of hydrogen-bond acceptors (Lipinski definition) is 8. The molecule has 1 atom stereocenters. The minimum atomic E-state index is -1.20. The highest BCUT2D eigenvalue weighted by atomic mass is 19.1. The van der Waals surface area contributed by atoms with E-state index in [4.69, 9.17) is 5.73 Å². The van der Waals surface area contributed by atoms with E-state index in [1.54, 1.807) is 13.1 Å². The minimum absolute atomic E-state index is 0.00432. The second-order valence-corrected chi connectivity index (χ2v) is 7.13. The summed E-state index contributed by atoms with van der Waals surface area (Å²) in [5, 5.41) is 10.1. The molecule has 158 valence electrons. The molecule has 1 unspecified atom stereocenters. The first kappa shape index (κ1) is 20.1.